The molecule has 0 fully saturated rings. The highest BCUT2D eigenvalue weighted by Gasteiger charge is 2.49. The second-order valence-electron chi connectivity index (χ2n) is 2.59. The number of nitro groups is 1. The van der Waals surface area contributed by atoms with Crippen LogP contribution in [-0.4, -0.2) is 18.8 Å². The predicted molar refractivity (Wildman–Crippen MR) is 45.2 cm³/mol. The highest BCUT2D eigenvalue weighted by atomic mass is 32.2. The Morgan fingerprint density at radius 2 is 1.94 bits per heavy atom. The van der Waals surface area contributed by atoms with E-state index in [1.165, 1.54) is 0 Å². The van der Waals surface area contributed by atoms with Crippen molar-refractivity contribution in [1.82, 2.24) is 0 Å². The molecule has 0 unspecified atom stereocenters. The van der Waals surface area contributed by atoms with Crippen LogP contribution in [0.5, 0.6) is 0 Å². The highest BCUT2D eigenvalue weighted by molar-refractivity contribution is 7.92. The van der Waals surface area contributed by atoms with Crippen LogP contribution in [0.1, 0.15) is 0 Å². The zero-order valence-corrected chi connectivity index (χ0v) is 8.17. The number of para-hydroxylation sites is 1. The summed E-state index contributed by atoms with van der Waals surface area (Å²) in [4.78, 5) is 7.69. The van der Waals surface area contributed by atoms with Gasteiger partial charge >= 0.3 is 5.51 Å². The van der Waals surface area contributed by atoms with Gasteiger partial charge in [0.2, 0.25) is 0 Å². The first kappa shape index (κ1) is 12.4. The lowest BCUT2D eigenvalue weighted by Gasteiger charge is -2.07. The standard InChI is InChI=1S/C7H3F3NO4S/c8-7(9,10)16(14,15)6-4-2-1-3-5(6)11(12)13/h1-2,4H. The molecule has 0 N–H and O–H groups in total. The lowest BCUT2D eigenvalue weighted by atomic mass is 10.3. The molecular weight excluding hydrogens is 251 g/mol. The van der Waals surface area contributed by atoms with Gasteiger partial charge in [0.05, 0.1) is 11.0 Å². The maximum absolute atomic E-state index is 12.1. The number of alkyl halides is 3. The summed E-state index contributed by atoms with van der Waals surface area (Å²) < 4.78 is 58.3. The second kappa shape index (κ2) is 3.74. The Kier molecular flexibility index (Phi) is 2.91. The first-order valence-corrected chi connectivity index (χ1v) is 5.12. The molecule has 0 aromatic heterocycles. The summed E-state index contributed by atoms with van der Waals surface area (Å²) in [7, 11) is -5.73. The van der Waals surface area contributed by atoms with Gasteiger partial charge in [0.15, 0.2) is 4.90 Å². The molecule has 0 saturated carbocycles. The maximum Gasteiger partial charge on any atom is 0.502 e. The molecule has 87 valence electrons. The summed E-state index contributed by atoms with van der Waals surface area (Å²) in [5.41, 5.74) is -6.80. The molecule has 5 nitrogen and oxygen atoms in total. The molecule has 0 amide bonds. The van der Waals surface area contributed by atoms with Gasteiger partial charge in [-0.15, -0.1) is 0 Å². The summed E-state index contributed by atoms with van der Waals surface area (Å²) in [5, 5.41) is 10.3. The topological polar surface area (TPSA) is 77.3 Å². The smallest absolute Gasteiger partial charge is 0.258 e. The monoisotopic (exact) mass is 254 g/mol. The lowest BCUT2D eigenvalue weighted by Crippen LogP contribution is -2.24. The molecule has 0 atom stereocenters. The van der Waals surface area contributed by atoms with Crippen LogP contribution in [0.15, 0.2) is 23.1 Å². The van der Waals surface area contributed by atoms with E-state index in [2.05, 4.69) is 0 Å². The Morgan fingerprint density at radius 3 is 2.38 bits per heavy atom. The van der Waals surface area contributed by atoms with Crippen molar-refractivity contribution in [2.45, 2.75) is 10.4 Å². The Morgan fingerprint density at radius 1 is 1.38 bits per heavy atom. The van der Waals surface area contributed by atoms with Crippen LogP contribution < -0.4 is 0 Å². The summed E-state index contributed by atoms with van der Waals surface area (Å²) in [5.74, 6) is 0. The van der Waals surface area contributed by atoms with Crippen molar-refractivity contribution in [3.8, 4) is 0 Å². The van der Waals surface area contributed by atoms with Gasteiger partial charge in [-0.3, -0.25) is 10.1 Å². The number of hydrogen-bond donors (Lipinski definition) is 0. The zero-order chi connectivity index (χ0) is 12.6. The largest absolute Gasteiger partial charge is 0.502 e. The predicted octanol–water partition coefficient (Wildman–Crippen LogP) is 1.69. The van der Waals surface area contributed by atoms with Crippen LogP contribution in [0.3, 0.4) is 0 Å². The van der Waals surface area contributed by atoms with Gasteiger partial charge < -0.3 is 0 Å². The lowest BCUT2D eigenvalue weighted by molar-refractivity contribution is -0.388. The van der Waals surface area contributed by atoms with Gasteiger partial charge in [0, 0.05) is 0 Å². The van der Waals surface area contributed by atoms with Gasteiger partial charge in [-0.05, 0) is 12.1 Å². The minimum atomic E-state index is -5.73. The molecule has 1 aromatic carbocycles. The molecule has 0 saturated heterocycles. The Balaban J connectivity index is 3.52. The summed E-state index contributed by atoms with van der Waals surface area (Å²) >= 11 is 0. The number of halogens is 3. The first-order chi connectivity index (χ1) is 7.18. The third kappa shape index (κ3) is 1.98. The Bertz CT molecular complexity index is 523. The summed E-state index contributed by atoms with van der Waals surface area (Å²) in [6, 6.07) is 4.22. The van der Waals surface area contributed by atoms with Crippen LogP contribution >= 0.6 is 0 Å². The average molecular weight is 254 g/mol. The first-order valence-electron chi connectivity index (χ1n) is 3.64. The normalized spacial score (nSPS) is 12.4. The number of nitro benzene ring substituents is 1. The van der Waals surface area contributed by atoms with Crippen molar-refractivity contribution in [2.24, 2.45) is 0 Å². The molecule has 0 spiro atoms. The van der Waals surface area contributed by atoms with Crippen LogP contribution in [-0.2, 0) is 9.84 Å². The van der Waals surface area contributed by atoms with Gasteiger partial charge in [0.1, 0.15) is 0 Å². The van der Waals surface area contributed by atoms with Gasteiger partial charge in [0.25, 0.3) is 15.5 Å². The van der Waals surface area contributed by atoms with E-state index in [4.69, 9.17) is 0 Å². The van der Waals surface area contributed by atoms with E-state index >= 15 is 0 Å². The van der Waals surface area contributed by atoms with E-state index in [9.17, 15) is 31.7 Å². The van der Waals surface area contributed by atoms with E-state index in [1.54, 1.807) is 0 Å². The van der Waals surface area contributed by atoms with Gasteiger partial charge in [-0.2, -0.15) is 13.2 Å². The van der Waals surface area contributed by atoms with Crippen LogP contribution in [0.4, 0.5) is 18.9 Å². The molecule has 1 aromatic rings. The maximum atomic E-state index is 12.1. The number of hydrogen-bond acceptors (Lipinski definition) is 4. The van der Waals surface area contributed by atoms with Gasteiger partial charge in [-0.1, -0.05) is 6.07 Å². The number of benzene rings is 1. The van der Waals surface area contributed by atoms with Crippen molar-refractivity contribution in [3.05, 3.63) is 34.4 Å². The van der Waals surface area contributed by atoms with E-state index in [1.807, 2.05) is 6.07 Å². The summed E-state index contributed by atoms with van der Waals surface area (Å²) in [6.07, 6.45) is 0. The fraction of sp³-hybridized carbons (Fsp3) is 0.143. The molecule has 9 heteroatoms. The molecule has 0 heterocycles. The molecule has 0 aliphatic heterocycles. The fourth-order valence-electron chi connectivity index (χ4n) is 0.897. The van der Waals surface area contributed by atoms with Crippen LogP contribution in [0, 0.1) is 16.2 Å². The molecule has 1 radical (unpaired) electrons. The van der Waals surface area contributed by atoms with Crippen molar-refractivity contribution in [3.63, 3.8) is 0 Å². The van der Waals surface area contributed by atoms with Crippen molar-refractivity contribution in [2.75, 3.05) is 0 Å². The SMILES string of the molecule is O=[N+]([O-])c1[c]cccc1S(=O)(=O)C(F)(F)F. The minimum absolute atomic E-state index is 0.511. The van der Waals surface area contributed by atoms with Crippen LogP contribution in [0.2, 0.25) is 0 Å². The minimum Gasteiger partial charge on any atom is -0.258 e. The van der Waals surface area contributed by atoms with Crippen molar-refractivity contribution in [1.29, 1.82) is 0 Å². The fourth-order valence-corrected chi connectivity index (χ4v) is 1.79. The number of rotatable bonds is 2. The van der Waals surface area contributed by atoms with E-state index in [0.717, 1.165) is 12.1 Å². The molecule has 0 bridgehead atoms. The van der Waals surface area contributed by atoms with Crippen LogP contribution in [0.25, 0.3) is 0 Å². The van der Waals surface area contributed by atoms with E-state index < -0.39 is 30.9 Å². The third-order valence-corrected chi connectivity index (χ3v) is 3.09. The average Bonchev–Trinajstić information content (AvgIpc) is 2.16. The van der Waals surface area contributed by atoms with E-state index in [0.29, 0.717) is 6.07 Å². The Labute approximate surface area is 87.6 Å². The molecule has 0 aliphatic rings. The molecule has 0 aliphatic carbocycles. The quantitative estimate of drug-likeness (QED) is 0.594. The molecule has 1 rings (SSSR count). The number of nitrogens with zero attached hydrogens (tertiary/aromatic N) is 1. The molecule has 16 heavy (non-hydrogen) atoms. The van der Waals surface area contributed by atoms with Gasteiger partial charge in [-0.25, -0.2) is 8.42 Å². The second-order valence-corrected chi connectivity index (χ2v) is 4.50. The zero-order valence-electron chi connectivity index (χ0n) is 7.35. The highest BCUT2D eigenvalue weighted by Crippen LogP contribution is 2.34. The number of sulfone groups is 1. The Hall–Kier alpha value is -1.64. The summed E-state index contributed by atoms with van der Waals surface area (Å²) in [6.45, 7) is 0. The third-order valence-electron chi connectivity index (χ3n) is 1.57. The molecular formula is C7H3F3NO4S. The van der Waals surface area contributed by atoms with E-state index in [-0.39, 0.29) is 0 Å². The van der Waals surface area contributed by atoms with Crippen molar-refractivity contribution < 1.29 is 26.5 Å². The van der Waals surface area contributed by atoms with Crippen molar-refractivity contribution >= 4 is 15.5 Å².